The largest absolute Gasteiger partial charge is 0.395 e. The number of amides is 1. The van der Waals surface area contributed by atoms with Crippen LogP contribution in [0.25, 0.3) is 0 Å². The second-order valence-electron chi connectivity index (χ2n) is 8.60. The van der Waals surface area contributed by atoms with Crippen LogP contribution in [-0.2, 0) is 22.0 Å². The summed E-state index contributed by atoms with van der Waals surface area (Å²) in [5.41, 5.74) is 0.383. The first kappa shape index (κ1) is 20.7. The molecule has 152 valence electrons. The molecule has 1 aromatic heterocycles. The van der Waals surface area contributed by atoms with E-state index in [0.29, 0.717) is 6.04 Å². The molecule has 0 spiro atoms. The Kier molecular flexibility index (Phi) is 6.25. The maximum atomic E-state index is 13.1. The van der Waals surface area contributed by atoms with Crippen LogP contribution in [0.4, 0.5) is 5.00 Å². The van der Waals surface area contributed by atoms with Crippen LogP contribution in [0.15, 0.2) is 6.07 Å². The van der Waals surface area contributed by atoms with E-state index >= 15 is 0 Å². The van der Waals surface area contributed by atoms with Crippen molar-refractivity contribution in [2.45, 2.75) is 69.4 Å². The molecule has 1 amide bonds. The van der Waals surface area contributed by atoms with Crippen LogP contribution >= 0.6 is 11.5 Å². The van der Waals surface area contributed by atoms with E-state index in [2.05, 4.69) is 20.2 Å². The molecule has 2 N–H and O–H groups in total. The van der Waals surface area contributed by atoms with Gasteiger partial charge in [0.2, 0.25) is 11.6 Å². The Bertz CT molecular complexity index is 661. The number of hydrogen-bond donors (Lipinski definition) is 2. The number of hydrogen-bond acceptors (Lipinski definition) is 5. The smallest absolute Gasteiger partial charge is 0.245 e. The quantitative estimate of drug-likeness (QED) is 0.724. The van der Waals surface area contributed by atoms with E-state index in [0.717, 1.165) is 62.4 Å². The van der Waals surface area contributed by atoms with Crippen molar-refractivity contribution in [2.24, 2.45) is 7.05 Å². The number of nitrogens with zero attached hydrogens (tertiary/aromatic N) is 2. The molecular weight excluding hydrogens is 362 g/mol. The first-order valence-electron chi connectivity index (χ1n) is 10.0. The first-order valence-corrected chi connectivity index (χ1v) is 10.8. The first-order chi connectivity index (χ1) is 12.8. The van der Waals surface area contributed by atoms with Gasteiger partial charge in [0.05, 0.1) is 17.6 Å². The van der Waals surface area contributed by atoms with Gasteiger partial charge in [-0.05, 0) is 46.6 Å². The van der Waals surface area contributed by atoms with Gasteiger partial charge >= 0.3 is 0 Å². The standard InChI is InChI=1S/C20H33N3O3S/c1-19(2,22(3)15-7-11-26-12-8-15)18(25)21-17-13-16(23(4)27-17)20(14-24)9-5-6-10-20/h13,15,24H,5-12,14H2,1-4H3/p+1. The molecule has 2 fully saturated rings. The molecule has 0 atom stereocenters. The summed E-state index contributed by atoms with van der Waals surface area (Å²) in [5.74, 6) is 0.00867. The van der Waals surface area contributed by atoms with Gasteiger partial charge in [-0.3, -0.25) is 9.69 Å². The molecule has 1 saturated carbocycles. The SMILES string of the molecule is CN(C1CCOCC1)C(C)(C)C(=O)Nc1cc(C2(CO)CCCC2)[n+](C)s1. The number of carbonyl (C=O) groups excluding carboxylic acids is 1. The van der Waals surface area contributed by atoms with Gasteiger partial charge < -0.3 is 15.2 Å². The lowest BCUT2D eigenvalue weighted by atomic mass is 9.83. The fourth-order valence-corrected chi connectivity index (χ4v) is 5.43. The van der Waals surface area contributed by atoms with Crippen molar-refractivity contribution in [1.82, 2.24) is 4.90 Å². The Morgan fingerprint density at radius 3 is 2.63 bits per heavy atom. The van der Waals surface area contributed by atoms with Crippen LogP contribution in [0, 0.1) is 0 Å². The zero-order chi connectivity index (χ0) is 19.7. The predicted molar refractivity (Wildman–Crippen MR) is 107 cm³/mol. The molecule has 27 heavy (non-hydrogen) atoms. The normalized spacial score (nSPS) is 21.0. The maximum absolute atomic E-state index is 13.1. The third-order valence-electron chi connectivity index (χ3n) is 6.66. The minimum Gasteiger partial charge on any atom is -0.395 e. The number of aliphatic hydroxyl groups excluding tert-OH is 1. The van der Waals surface area contributed by atoms with Gasteiger partial charge in [0.15, 0.2) is 23.6 Å². The molecule has 0 bridgehead atoms. The number of aromatic nitrogens is 1. The number of likely N-dealkylation sites (N-methyl/N-ethyl adjacent to an activating group) is 1. The topological polar surface area (TPSA) is 65.7 Å². The van der Waals surface area contributed by atoms with E-state index in [1.54, 1.807) is 11.5 Å². The molecule has 1 aromatic rings. The average Bonchev–Trinajstić information content (AvgIpc) is 3.29. The lowest BCUT2D eigenvalue weighted by Gasteiger charge is -2.41. The number of nitrogens with one attached hydrogen (secondary N) is 1. The van der Waals surface area contributed by atoms with Crippen molar-refractivity contribution < 1.29 is 18.6 Å². The van der Waals surface area contributed by atoms with E-state index in [-0.39, 0.29) is 17.9 Å². The van der Waals surface area contributed by atoms with Gasteiger partial charge in [0.25, 0.3) is 0 Å². The van der Waals surface area contributed by atoms with E-state index in [1.807, 2.05) is 27.9 Å². The Hall–Kier alpha value is -1.02. The molecule has 1 aliphatic carbocycles. The second kappa shape index (κ2) is 8.15. The van der Waals surface area contributed by atoms with Gasteiger partial charge in [0.1, 0.15) is 0 Å². The van der Waals surface area contributed by atoms with Crippen LogP contribution in [0.5, 0.6) is 0 Å². The zero-order valence-electron chi connectivity index (χ0n) is 17.1. The molecule has 0 radical (unpaired) electrons. The minimum atomic E-state index is -0.604. The minimum absolute atomic E-state index is 0.00867. The highest BCUT2D eigenvalue weighted by molar-refractivity contribution is 7.06. The van der Waals surface area contributed by atoms with Crippen LogP contribution in [0.1, 0.15) is 58.1 Å². The summed E-state index contributed by atoms with van der Waals surface area (Å²) in [7, 11) is 4.05. The highest BCUT2D eigenvalue weighted by atomic mass is 32.1. The lowest BCUT2D eigenvalue weighted by molar-refractivity contribution is -0.613. The Morgan fingerprint density at radius 2 is 2.04 bits per heavy atom. The number of carbonyl (C=O) groups is 1. The van der Waals surface area contributed by atoms with Gasteiger partial charge in [-0.15, -0.1) is 3.96 Å². The summed E-state index contributed by atoms with van der Waals surface area (Å²) < 4.78 is 7.56. The van der Waals surface area contributed by atoms with Gasteiger partial charge in [0, 0.05) is 25.3 Å². The van der Waals surface area contributed by atoms with Crippen molar-refractivity contribution in [3.63, 3.8) is 0 Å². The molecule has 3 rings (SSSR count). The van der Waals surface area contributed by atoms with E-state index in [1.165, 1.54) is 0 Å². The molecule has 6 nitrogen and oxygen atoms in total. The lowest BCUT2D eigenvalue weighted by Crippen LogP contribution is -2.55. The van der Waals surface area contributed by atoms with Gasteiger partial charge in [-0.1, -0.05) is 12.8 Å². The van der Waals surface area contributed by atoms with Crippen LogP contribution < -0.4 is 9.27 Å². The van der Waals surface area contributed by atoms with Gasteiger partial charge in [-0.25, -0.2) is 0 Å². The number of rotatable bonds is 6. The van der Waals surface area contributed by atoms with Crippen LogP contribution in [0.2, 0.25) is 0 Å². The number of aryl methyl sites for hydroxylation is 1. The Labute approximate surface area is 166 Å². The fourth-order valence-electron chi connectivity index (χ4n) is 4.49. The van der Waals surface area contributed by atoms with Crippen LogP contribution in [-0.4, -0.2) is 54.4 Å². The summed E-state index contributed by atoms with van der Waals surface area (Å²) >= 11 is 1.54. The van der Waals surface area contributed by atoms with Crippen molar-refractivity contribution >= 4 is 22.4 Å². The highest BCUT2D eigenvalue weighted by Gasteiger charge is 2.43. The van der Waals surface area contributed by atoms with E-state index in [9.17, 15) is 9.90 Å². The zero-order valence-corrected chi connectivity index (χ0v) is 17.9. The molecule has 2 heterocycles. The highest BCUT2D eigenvalue weighted by Crippen LogP contribution is 2.41. The van der Waals surface area contributed by atoms with Gasteiger partial charge in [-0.2, -0.15) is 0 Å². The fraction of sp³-hybridized carbons (Fsp3) is 0.800. The monoisotopic (exact) mass is 396 g/mol. The molecule has 1 saturated heterocycles. The maximum Gasteiger partial charge on any atom is 0.245 e. The van der Waals surface area contributed by atoms with Crippen molar-refractivity contribution in [3.8, 4) is 0 Å². The third kappa shape index (κ3) is 4.06. The number of aliphatic hydroxyl groups is 1. The number of ether oxygens (including phenoxy) is 1. The Balaban J connectivity index is 1.72. The summed E-state index contributed by atoms with van der Waals surface area (Å²) in [4.78, 5) is 15.3. The van der Waals surface area contributed by atoms with Crippen molar-refractivity contribution in [2.75, 3.05) is 32.2 Å². The predicted octanol–water partition coefficient (Wildman–Crippen LogP) is 2.20. The Morgan fingerprint density at radius 1 is 1.41 bits per heavy atom. The summed E-state index contributed by atoms with van der Waals surface area (Å²) in [6.45, 7) is 5.67. The summed E-state index contributed by atoms with van der Waals surface area (Å²) in [6, 6.07) is 2.43. The molecule has 1 aliphatic heterocycles. The van der Waals surface area contributed by atoms with Crippen molar-refractivity contribution in [1.29, 1.82) is 0 Å². The molecule has 0 aromatic carbocycles. The van der Waals surface area contributed by atoms with Crippen LogP contribution in [0.3, 0.4) is 0 Å². The molecule has 0 unspecified atom stereocenters. The third-order valence-corrected chi connectivity index (χ3v) is 7.55. The van der Waals surface area contributed by atoms with E-state index < -0.39 is 5.54 Å². The summed E-state index contributed by atoms with van der Waals surface area (Å²) in [6.07, 6.45) is 6.26. The molecular formula is C20H34N3O3S+. The molecule has 2 aliphatic rings. The number of anilines is 1. The van der Waals surface area contributed by atoms with E-state index in [4.69, 9.17) is 4.74 Å². The average molecular weight is 397 g/mol. The van der Waals surface area contributed by atoms with Crippen molar-refractivity contribution in [3.05, 3.63) is 11.8 Å². The molecule has 7 heteroatoms. The summed E-state index contributed by atoms with van der Waals surface area (Å²) in [5, 5.41) is 14.0. The second-order valence-corrected chi connectivity index (χ2v) is 9.77.